The van der Waals surface area contributed by atoms with Crippen LogP contribution in [0, 0.1) is 17.0 Å². The first-order chi connectivity index (χ1) is 10.6. The lowest BCUT2D eigenvalue weighted by molar-refractivity contribution is -0.121. The molecule has 22 heavy (non-hydrogen) atoms. The van der Waals surface area contributed by atoms with E-state index >= 15 is 0 Å². The van der Waals surface area contributed by atoms with Gasteiger partial charge < -0.3 is 10.1 Å². The first kappa shape index (κ1) is 15.4. The van der Waals surface area contributed by atoms with Gasteiger partial charge in [0.15, 0.2) is 11.6 Å². The van der Waals surface area contributed by atoms with Gasteiger partial charge in [-0.25, -0.2) is 8.78 Å². The minimum Gasteiger partial charge on any atom is -0.381 e. The molecule has 1 aliphatic carbocycles. The number of ether oxygens (including phenoxy) is 1. The van der Waals surface area contributed by atoms with Gasteiger partial charge in [-0.15, -0.1) is 0 Å². The van der Waals surface area contributed by atoms with Crippen molar-refractivity contribution < 1.29 is 18.3 Å². The lowest BCUT2D eigenvalue weighted by Gasteiger charge is -2.22. The van der Waals surface area contributed by atoms with Gasteiger partial charge in [0.25, 0.3) is 0 Å². The molecule has 1 aromatic rings. The molecule has 1 atom stereocenters. The predicted octanol–water partition coefficient (Wildman–Crippen LogP) is 2.97. The Bertz CT molecular complexity index is 556. The lowest BCUT2D eigenvalue weighted by atomic mass is 9.96. The van der Waals surface area contributed by atoms with E-state index in [4.69, 9.17) is 4.74 Å². The molecule has 1 saturated heterocycles. The first-order valence-electron chi connectivity index (χ1n) is 7.90. The number of rotatable bonds is 5. The molecule has 2 fully saturated rings. The fourth-order valence-electron chi connectivity index (χ4n) is 3.30. The van der Waals surface area contributed by atoms with Crippen molar-refractivity contribution in [2.75, 3.05) is 13.2 Å². The third kappa shape index (κ3) is 3.46. The Hall–Kier alpha value is -1.49. The van der Waals surface area contributed by atoms with E-state index in [1.807, 2.05) is 0 Å². The lowest BCUT2D eigenvalue weighted by Crippen LogP contribution is -2.32. The van der Waals surface area contributed by atoms with E-state index in [-0.39, 0.29) is 11.3 Å². The topological polar surface area (TPSA) is 38.3 Å². The van der Waals surface area contributed by atoms with Crippen molar-refractivity contribution in [1.82, 2.24) is 5.32 Å². The number of hydrogen-bond donors (Lipinski definition) is 1. The number of nitrogens with one attached hydrogen (secondary N) is 1. The summed E-state index contributed by atoms with van der Waals surface area (Å²) < 4.78 is 31.3. The van der Waals surface area contributed by atoms with Crippen LogP contribution < -0.4 is 5.32 Å². The number of benzene rings is 1. The highest BCUT2D eigenvalue weighted by Gasteiger charge is 2.54. The van der Waals surface area contributed by atoms with Crippen LogP contribution in [-0.2, 0) is 16.0 Å². The van der Waals surface area contributed by atoms with Crippen LogP contribution >= 0.6 is 0 Å². The molecule has 0 aromatic heterocycles. The zero-order valence-electron chi connectivity index (χ0n) is 12.5. The Balaban J connectivity index is 1.39. The van der Waals surface area contributed by atoms with Gasteiger partial charge >= 0.3 is 0 Å². The zero-order chi connectivity index (χ0) is 15.6. The third-order valence-corrected chi connectivity index (χ3v) is 4.87. The molecule has 1 amide bonds. The monoisotopic (exact) mass is 309 g/mol. The van der Waals surface area contributed by atoms with Gasteiger partial charge in [0, 0.05) is 25.7 Å². The Labute approximate surface area is 129 Å². The van der Waals surface area contributed by atoms with E-state index in [0.29, 0.717) is 25.3 Å². The van der Waals surface area contributed by atoms with E-state index < -0.39 is 11.6 Å². The standard InChI is InChI=1S/C17H21F2NO2/c18-13-5-4-12(10-14(13)19)2-1-3-16(21)20-15-11-17(15)6-8-22-9-7-17/h4-5,10,15H,1-3,6-9,11H2,(H,20,21). The van der Waals surface area contributed by atoms with E-state index in [9.17, 15) is 13.6 Å². The van der Waals surface area contributed by atoms with Crippen LogP contribution in [0.15, 0.2) is 18.2 Å². The second kappa shape index (κ2) is 6.32. The highest BCUT2D eigenvalue weighted by molar-refractivity contribution is 5.76. The fourth-order valence-corrected chi connectivity index (χ4v) is 3.30. The quantitative estimate of drug-likeness (QED) is 0.908. The molecule has 2 aliphatic rings. The third-order valence-electron chi connectivity index (χ3n) is 4.87. The van der Waals surface area contributed by atoms with Gasteiger partial charge in [-0.2, -0.15) is 0 Å². The van der Waals surface area contributed by atoms with E-state index in [0.717, 1.165) is 44.1 Å². The van der Waals surface area contributed by atoms with Crippen LogP contribution in [0.5, 0.6) is 0 Å². The number of amides is 1. The average molecular weight is 309 g/mol. The van der Waals surface area contributed by atoms with Gasteiger partial charge in [-0.3, -0.25) is 4.79 Å². The van der Waals surface area contributed by atoms with Crippen molar-refractivity contribution in [2.45, 2.75) is 44.6 Å². The highest BCUT2D eigenvalue weighted by atomic mass is 19.2. The van der Waals surface area contributed by atoms with Crippen LogP contribution in [0.25, 0.3) is 0 Å². The molecule has 1 spiro atoms. The average Bonchev–Trinajstić information content (AvgIpc) is 3.14. The summed E-state index contributed by atoms with van der Waals surface area (Å²) in [5, 5.41) is 3.09. The van der Waals surface area contributed by atoms with Gasteiger partial charge in [-0.05, 0) is 55.2 Å². The first-order valence-corrected chi connectivity index (χ1v) is 7.90. The summed E-state index contributed by atoms with van der Waals surface area (Å²) in [6, 6.07) is 4.19. The van der Waals surface area contributed by atoms with Crippen molar-refractivity contribution in [3.8, 4) is 0 Å². The Morgan fingerprint density at radius 1 is 1.27 bits per heavy atom. The summed E-state index contributed by atoms with van der Waals surface area (Å²) in [6.07, 6.45) is 4.76. The molecule has 1 unspecified atom stereocenters. The number of aryl methyl sites for hydroxylation is 1. The number of carbonyl (C=O) groups is 1. The molecule has 5 heteroatoms. The highest BCUT2D eigenvalue weighted by Crippen LogP contribution is 2.53. The minimum absolute atomic E-state index is 0.0518. The molecular formula is C17H21F2NO2. The van der Waals surface area contributed by atoms with Crippen molar-refractivity contribution in [3.05, 3.63) is 35.4 Å². The molecule has 1 aromatic carbocycles. The SMILES string of the molecule is O=C(CCCc1ccc(F)c(F)c1)NC1CC12CCOCC2. The maximum Gasteiger partial charge on any atom is 0.220 e. The number of halogens is 2. The van der Waals surface area contributed by atoms with Gasteiger partial charge in [0.05, 0.1) is 0 Å². The van der Waals surface area contributed by atoms with E-state index in [2.05, 4.69) is 5.32 Å². The molecule has 3 nitrogen and oxygen atoms in total. The summed E-state index contributed by atoms with van der Waals surface area (Å²) >= 11 is 0. The second-order valence-corrected chi connectivity index (χ2v) is 6.40. The molecular weight excluding hydrogens is 288 g/mol. The summed E-state index contributed by atoms with van der Waals surface area (Å²) in [5.41, 5.74) is 1.01. The van der Waals surface area contributed by atoms with Crippen LogP contribution in [0.4, 0.5) is 8.78 Å². The number of hydrogen-bond acceptors (Lipinski definition) is 2. The normalized spacial score (nSPS) is 22.5. The Morgan fingerprint density at radius 2 is 2.05 bits per heavy atom. The van der Waals surface area contributed by atoms with Crippen LogP contribution in [0.1, 0.15) is 37.7 Å². The molecule has 3 rings (SSSR count). The van der Waals surface area contributed by atoms with E-state index in [1.54, 1.807) is 6.07 Å². The summed E-state index contributed by atoms with van der Waals surface area (Å²) in [6.45, 7) is 1.59. The largest absolute Gasteiger partial charge is 0.381 e. The summed E-state index contributed by atoms with van der Waals surface area (Å²) in [5.74, 6) is -1.62. The molecule has 1 aliphatic heterocycles. The van der Waals surface area contributed by atoms with Crippen molar-refractivity contribution >= 4 is 5.91 Å². The van der Waals surface area contributed by atoms with Crippen LogP contribution in [0.2, 0.25) is 0 Å². The van der Waals surface area contributed by atoms with Crippen molar-refractivity contribution in [1.29, 1.82) is 0 Å². The maximum absolute atomic E-state index is 13.1. The molecule has 1 heterocycles. The van der Waals surface area contributed by atoms with E-state index in [1.165, 1.54) is 6.07 Å². The zero-order valence-corrected chi connectivity index (χ0v) is 12.5. The van der Waals surface area contributed by atoms with Gasteiger partial charge in [0.1, 0.15) is 0 Å². The summed E-state index contributed by atoms with van der Waals surface area (Å²) in [4.78, 5) is 12.0. The minimum atomic E-state index is -0.836. The molecule has 0 radical (unpaired) electrons. The molecule has 0 bridgehead atoms. The predicted molar refractivity (Wildman–Crippen MR) is 78.3 cm³/mol. The smallest absolute Gasteiger partial charge is 0.220 e. The van der Waals surface area contributed by atoms with Gasteiger partial charge in [-0.1, -0.05) is 6.07 Å². The molecule has 120 valence electrons. The second-order valence-electron chi connectivity index (χ2n) is 6.40. The Kier molecular flexibility index (Phi) is 4.43. The van der Waals surface area contributed by atoms with Crippen LogP contribution in [-0.4, -0.2) is 25.2 Å². The fraction of sp³-hybridized carbons (Fsp3) is 0.588. The number of carbonyl (C=O) groups excluding carboxylic acids is 1. The van der Waals surface area contributed by atoms with Gasteiger partial charge in [0.2, 0.25) is 5.91 Å². The summed E-state index contributed by atoms with van der Waals surface area (Å²) in [7, 11) is 0. The van der Waals surface area contributed by atoms with Crippen LogP contribution in [0.3, 0.4) is 0 Å². The van der Waals surface area contributed by atoms with Crippen molar-refractivity contribution in [3.63, 3.8) is 0 Å². The molecule has 1 saturated carbocycles. The molecule has 1 N–H and O–H groups in total. The maximum atomic E-state index is 13.1. The Morgan fingerprint density at radius 3 is 2.77 bits per heavy atom. The van der Waals surface area contributed by atoms with Crippen molar-refractivity contribution in [2.24, 2.45) is 5.41 Å².